The number of rotatable bonds is 5. The fourth-order valence-corrected chi connectivity index (χ4v) is 3.15. The predicted octanol–water partition coefficient (Wildman–Crippen LogP) is 2.97. The van der Waals surface area contributed by atoms with Crippen LogP contribution < -0.4 is 5.32 Å². The second-order valence-corrected chi connectivity index (χ2v) is 5.10. The maximum atomic E-state index is 5.89. The summed E-state index contributed by atoms with van der Waals surface area (Å²) in [5.74, 6) is 0.811. The van der Waals surface area contributed by atoms with Crippen LogP contribution in [0.15, 0.2) is 0 Å². The molecular weight excluding hydrogens is 186 g/mol. The van der Waals surface area contributed by atoms with E-state index < -0.39 is 0 Å². The predicted molar refractivity (Wildman–Crippen MR) is 65.1 cm³/mol. The van der Waals surface area contributed by atoms with Gasteiger partial charge in [-0.05, 0) is 32.2 Å². The van der Waals surface area contributed by atoms with Gasteiger partial charge in [0.2, 0.25) is 0 Å². The van der Waals surface area contributed by atoms with Crippen molar-refractivity contribution in [2.45, 2.75) is 64.0 Å². The van der Waals surface area contributed by atoms with Gasteiger partial charge in [0.1, 0.15) is 0 Å². The Labute approximate surface area is 94.8 Å². The Morgan fingerprint density at radius 2 is 2.27 bits per heavy atom. The number of likely N-dealkylation sites (N-methyl/N-ethyl adjacent to an activating group) is 1. The maximum absolute atomic E-state index is 5.89. The van der Waals surface area contributed by atoms with Crippen molar-refractivity contribution in [3.8, 4) is 0 Å². The summed E-state index contributed by atoms with van der Waals surface area (Å²) in [5.41, 5.74) is 0.0996. The molecule has 3 atom stereocenters. The van der Waals surface area contributed by atoms with Crippen LogP contribution >= 0.6 is 0 Å². The van der Waals surface area contributed by atoms with Gasteiger partial charge in [0.25, 0.3) is 0 Å². The fourth-order valence-electron chi connectivity index (χ4n) is 3.15. The number of hydrogen-bond donors (Lipinski definition) is 1. The molecule has 0 bridgehead atoms. The van der Waals surface area contributed by atoms with E-state index in [1.54, 1.807) is 0 Å². The third-order valence-corrected chi connectivity index (χ3v) is 3.96. The summed E-state index contributed by atoms with van der Waals surface area (Å²) in [6.45, 7) is 4.60. The minimum absolute atomic E-state index is 0.0996. The van der Waals surface area contributed by atoms with E-state index in [4.69, 9.17) is 4.74 Å². The summed E-state index contributed by atoms with van der Waals surface area (Å²) in [5, 5.41) is 3.46. The van der Waals surface area contributed by atoms with E-state index in [9.17, 15) is 0 Å². The van der Waals surface area contributed by atoms with Crippen molar-refractivity contribution in [2.24, 2.45) is 5.92 Å². The minimum Gasteiger partial charge on any atom is -0.377 e. The van der Waals surface area contributed by atoms with E-state index in [1.807, 2.05) is 7.11 Å². The van der Waals surface area contributed by atoms with Crippen LogP contribution in [0.5, 0.6) is 0 Å². The molecule has 1 aliphatic carbocycles. The molecule has 1 rings (SSSR count). The molecule has 1 aliphatic rings. The molecule has 3 unspecified atom stereocenters. The van der Waals surface area contributed by atoms with Crippen LogP contribution in [0.1, 0.15) is 52.4 Å². The van der Waals surface area contributed by atoms with Crippen LogP contribution in [0.3, 0.4) is 0 Å². The third kappa shape index (κ3) is 2.94. The average Bonchev–Trinajstić information content (AvgIpc) is 2.25. The number of methoxy groups -OCH3 is 1. The zero-order chi connectivity index (χ0) is 11.3. The highest BCUT2D eigenvalue weighted by atomic mass is 16.5. The molecule has 0 spiro atoms. The molecule has 0 heterocycles. The normalized spacial score (nSPS) is 34.0. The van der Waals surface area contributed by atoms with Crippen molar-refractivity contribution in [1.82, 2.24) is 5.32 Å². The van der Waals surface area contributed by atoms with Crippen molar-refractivity contribution in [3.63, 3.8) is 0 Å². The van der Waals surface area contributed by atoms with Crippen LogP contribution in [-0.2, 0) is 4.74 Å². The first kappa shape index (κ1) is 13.0. The molecule has 2 heteroatoms. The lowest BCUT2D eigenvalue weighted by Gasteiger charge is -2.44. The molecule has 15 heavy (non-hydrogen) atoms. The van der Waals surface area contributed by atoms with Gasteiger partial charge in [0.15, 0.2) is 0 Å². The number of ether oxygens (including phenoxy) is 1. The Morgan fingerprint density at radius 3 is 2.73 bits per heavy atom. The first-order chi connectivity index (χ1) is 7.18. The Bertz CT molecular complexity index is 183. The Kier molecular flexibility index (Phi) is 5.07. The van der Waals surface area contributed by atoms with E-state index in [0.717, 1.165) is 5.92 Å². The van der Waals surface area contributed by atoms with E-state index in [1.165, 1.54) is 38.5 Å². The minimum atomic E-state index is 0.0996. The molecular formula is C13H27NO. The standard InChI is InChI=1S/C13H27NO/c1-5-7-12(14-3)13(15-4)9-6-8-11(2)10-13/h11-12,14H,5-10H2,1-4H3. The maximum Gasteiger partial charge on any atom is 0.0833 e. The Hall–Kier alpha value is -0.0800. The first-order valence-electron chi connectivity index (χ1n) is 6.41. The van der Waals surface area contributed by atoms with Crippen LogP contribution in [-0.4, -0.2) is 25.8 Å². The van der Waals surface area contributed by atoms with Crippen molar-refractivity contribution >= 4 is 0 Å². The molecule has 0 aromatic carbocycles. The Morgan fingerprint density at radius 1 is 1.53 bits per heavy atom. The van der Waals surface area contributed by atoms with Crippen molar-refractivity contribution in [1.29, 1.82) is 0 Å². The van der Waals surface area contributed by atoms with Crippen LogP contribution in [0.2, 0.25) is 0 Å². The molecule has 0 saturated heterocycles. The fraction of sp³-hybridized carbons (Fsp3) is 1.00. The second kappa shape index (κ2) is 5.86. The largest absolute Gasteiger partial charge is 0.377 e. The summed E-state index contributed by atoms with van der Waals surface area (Å²) < 4.78 is 5.89. The van der Waals surface area contributed by atoms with E-state index in [2.05, 4.69) is 26.2 Å². The van der Waals surface area contributed by atoms with Crippen LogP contribution in [0, 0.1) is 5.92 Å². The highest BCUT2D eigenvalue weighted by Gasteiger charge is 2.40. The highest BCUT2D eigenvalue weighted by molar-refractivity contribution is 4.96. The van der Waals surface area contributed by atoms with Crippen LogP contribution in [0.25, 0.3) is 0 Å². The van der Waals surface area contributed by atoms with Crippen molar-refractivity contribution in [3.05, 3.63) is 0 Å². The zero-order valence-corrected chi connectivity index (χ0v) is 10.8. The van der Waals surface area contributed by atoms with E-state index in [-0.39, 0.29) is 5.60 Å². The lowest BCUT2D eigenvalue weighted by molar-refractivity contribution is -0.0794. The summed E-state index contributed by atoms with van der Waals surface area (Å²) in [4.78, 5) is 0. The topological polar surface area (TPSA) is 21.3 Å². The van der Waals surface area contributed by atoms with Gasteiger partial charge < -0.3 is 10.1 Å². The van der Waals surface area contributed by atoms with Gasteiger partial charge in [-0.15, -0.1) is 0 Å². The average molecular weight is 213 g/mol. The van der Waals surface area contributed by atoms with Gasteiger partial charge in [-0.1, -0.05) is 33.1 Å². The summed E-state index contributed by atoms with van der Waals surface area (Å²) in [6.07, 6.45) is 7.57. The number of hydrogen-bond acceptors (Lipinski definition) is 2. The molecule has 0 aromatic heterocycles. The third-order valence-electron chi connectivity index (χ3n) is 3.96. The molecule has 0 aromatic rings. The SMILES string of the molecule is CCCC(NC)C1(OC)CCCC(C)C1. The molecule has 0 amide bonds. The van der Waals surface area contributed by atoms with Gasteiger partial charge in [0.05, 0.1) is 5.60 Å². The van der Waals surface area contributed by atoms with Gasteiger partial charge in [-0.25, -0.2) is 0 Å². The summed E-state index contributed by atoms with van der Waals surface area (Å²) >= 11 is 0. The van der Waals surface area contributed by atoms with E-state index >= 15 is 0 Å². The van der Waals surface area contributed by atoms with Gasteiger partial charge >= 0.3 is 0 Å². The molecule has 1 fully saturated rings. The monoisotopic (exact) mass is 213 g/mol. The van der Waals surface area contributed by atoms with E-state index in [0.29, 0.717) is 6.04 Å². The van der Waals surface area contributed by atoms with Crippen molar-refractivity contribution in [2.75, 3.05) is 14.2 Å². The van der Waals surface area contributed by atoms with Crippen molar-refractivity contribution < 1.29 is 4.74 Å². The summed E-state index contributed by atoms with van der Waals surface area (Å²) in [6, 6.07) is 0.523. The molecule has 1 N–H and O–H groups in total. The van der Waals surface area contributed by atoms with Gasteiger partial charge in [-0.3, -0.25) is 0 Å². The zero-order valence-electron chi connectivity index (χ0n) is 10.8. The number of nitrogens with one attached hydrogen (secondary N) is 1. The Balaban J connectivity index is 2.71. The highest BCUT2D eigenvalue weighted by Crippen LogP contribution is 2.38. The van der Waals surface area contributed by atoms with Crippen LogP contribution in [0.4, 0.5) is 0 Å². The quantitative estimate of drug-likeness (QED) is 0.758. The van der Waals surface area contributed by atoms with Gasteiger partial charge in [-0.2, -0.15) is 0 Å². The lowest BCUT2D eigenvalue weighted by Crippen LogP contribution is -2.53. The molecule has 1 saturated carbocycles. The smallest absolute Gasteiger partial charge is 0.0833 e. The molecule has 0 radical (unpaired) electrons. The summed E-state index contributed by atoms with van der Waals surface area (Å²) in [7, 11) is 3.96. The molecule has 2 nitrogen and oxygen atoms in total. The lowest BCUT2D eigenvalue weighted by atomic mass is 9.73. The first-order valence-corrected chi connectivity index (χ1v) is 6.41. The second-order valence-electron chi connectivity index (χ2n) is 5.10. The molecule has 90 valence electrons. The van der Waals surface area contributed by atoms with Gasteiger partial charge in [0, 0.05) is 13.2 Å². The molecule has 0 aliphatic heterocycles.